The first-order valence-corrected chi connectivity index (χ1v) is 8.16. The molecule has 2 N–H and O–H groups in total. The predicted molar refractivity (Wildman–Crippen MR) is 78.8 cm³/mol. The van der Waals surface area contributed by atoms with Crippen LogP contribution < -0.4 is 5.73 Å². The van der Waals surface area contributed by atoms with Gasteiger partial charge in [0.1, 0.15) is 10.7 Å². The molecule has 0 amide bonds. The standard InChI is InChI=1S/C14H16N4O2S/c15-14-4-3-12(10-17-14)21(19,20)18-9-1-2-13(18)11-5-7-16-8-6-11/h3-8,10,13H,1-2,9H2,(H2,15,17). The summed E-state index contributed by atoms with van der Waals surface area (Å²) in [6.45, 7) is 0.514. The number of nitrogens with zero attached hydrogens (tertiary/aromatic N) is 3. The molecule has 2 aromatic rings. The molecule has 3 heterocycles. The molecular formula is C14H16N4O2S. The zero-order valence-corrected chi connectivity index (χ0v) is 12.2. The largest absolute Gasteiger partial charge is 0.384 e. The number of rotatable bonds is 3. The van der Waals surface area contributed by atoms with Crippen molar-refractivity contribution >= 4 is 15.8 Å². The van der Waals surface area contributed by atoms with E-state index in [1.54, 1.807) is 12.4 Å². The fourth-order valence-electron chi connectivity index (χ4n) is 2.63. The second-order valence-electron chi connectivity index (χ2n) is 4.97. The summed E-state index contributed by atoms with van der Waals surface area (Å²) < 4.78 is 27.1. The van der Waals surface area contributed by atoms with Gasteiger partial charge in [-0.05, 0) is 42.7 Å². The van der Waals surface area contributed by atoms with Gasteiger partial charge in [-0.15, -0.1) is 0 Å². The van der Waals surface area contributed by atoms with Crippen LogP contribution in [0.3, 0.4) is 0 Å². The number of sulfonamides is 1. The number of aromatic nitrogens is 2. The van der Waals surface area contributed by atoms with Gasteiger partial charge in [0.15, 0.2) is 0 Å². The molecule has 1 atom stereocenters. The van der Waals surface area contributed by atoms with E-state index in [1.807, 2.05) is 12.1 Å². The second-order valence-corrected chi connectivity index (χ2v) is 6.86. The molecule has 3 rings (SSSR count). The molecule has 7 heteroatoms. The average molecular weight is 304 g/mol. The molecule has 21 heavy (non-hydrogen) atoms. The van der Waals surface area contributed by atoms with E-state index in [9.17, 15) is 8.42 Å². The van der Waals surface area contributed by atoms with E-state index in [2.05, 4.69) is 9.97 Å². The third kappa shape index (κ3) is 2.62. The minimum atomic E-state index is -3.56. The van der Waals surface area contributed by atoms with E-state index in [0.29, 0.717) is 12.4 Å². The van der Waals surface area contributed by atoms with Crippen molar-refractivity contribution in [3.05, 3.63) is 48.4 Å². The smallest absolute Gasteiger partial charge is 0.245 e. The highest BCUT2D eigenvalue weighted by Crippen LogP contribution is 2.36. The summed E-state index contributed by atoms with van der Waals surface area (Å²) in [5, 5.41) is 0. The lowest BCUT2D eigenvalue weighted by atomic mass is 10.1. The number of nitrogen functional groups attached to an aromatic ring is 1. The number of anilines is 1. The molecule has 0 aromatic carbocycles. The molecule has 0 spiro atoms. The molecule has 2 aromatic heterocycles. The summed E-state index contributed by atoms with van der Waals surface area (Å²) in [7, 11) is -3.56. The highest BCUT2D eigenvalue weighted by molar-refractivity contribution is 7.89. The average Bonchev–Trinajstić information content (AvgIpc) is 2.99. The van der Waals surface area contributed by atoms with Crippen LogP contribution >= 0.6 is 0 Å². The van der Waals surface area contributed by atoms with E-state index in [-0.39, 0.29) is 10.9 Å². The monoisotopic (exact) mass is 304 g/mol. The Morgan fingerprint density at radius 3 is 2.62 bits per heavy atom. The quantitative estimate of drug-likeness (QED) is 0.930. The highest BCUT2D eigenvalue weighted by Gasteiger charge is 2.36. The summed E-state index contributed by atoms with van der Waals surface area (Å²) in [4.78, 5) is 8.03. The molecule has 1 aliphatic rings. The molecule has 0 radical (unpaired) electrons. The Labute approximate surface area is 123 Å². The first kappa shape index (κ1) is 14.0. The number of nitrogens with two attached hydrogens (primary N) is 1. The maximum atomic E-state index is 12.8. The van der Waals surface area contributed by atoms with Gasteiger partial charge in [-0.2, -0.15) is 4.31 Å². The zero-order valence-electron chi connectivity index (χ0n) is 11.4. The minimum Gasteiger partial charge on any atom is -0.384 e. The van der Waals surface area contributed by atoms with Crippen molar-refractivity contribution in [3.63, 3.8) is 0 Å². The van der Waals surface area contributed by atoms with Gasteiger partial charge in [-0.25, -0.2) is 13.4 Å². The van der Waals surface area contributed by atoms with Crippen molar-refractivity contribution in [2.24, 2.45) is 0 Å². The Morgan fingerprint density at radius 2 is 1.95 bits per heavy atom. The van der Waals surface area contributed by atoms with E-state index in [4.69, 9.17) is 5.73 Å². The van der Waals surface area contributed by atoms with Crippen molar-refractivity contribution in [1.82, 2.24) is 14.3 Å². The van der Waals surface area contributed by atoms with Crippen molar-refractivity contribution in [2.45, 2.75) is 23.8 Å². The van der Waals surface area contributed by atoms with Crippen LogP contribution in [0.25, 0.3) is 0 Å². The molecule has 1 saturated heterocycles. The number of pyridine rings is 2. The van der Waals surface area contributed by atoms with E-state index < -0.39 is 10.0 Å². The van der Waals surface area contributed by atoms with Crippen molar-refractivity contribution in [1.29, 1.82) is 0 Å². The van der Waals surface area contributed by atoms with Gasteiger partial charge in [-0.3, -0.25) is 4.98 Å². The van der Waals surface area contributed by atoms with Gasteiger partial charge in [0.05, 0.1) is 6.04 Å². The molecule has 0 aliphatic carbocycles. The number of hydrogen-bond acceptors (Lipinski definition) is 5. The Hall–Kier alpha value is -1.99. The first-order chi connectivity index (χ1) is 10.1. The Bertz CT molecular complexity index is 716. The Kier molecular flexibility index (Phi) is 3.60. The van der Waals surface area contributed by atoms with Gasteiger partial charge in [0.25, 0.3) is 0 Å². The fourth-order valence-corrected chi connectivity index (χ4v) is 4.25. The lowest BCUT2D eigenvalue weighted by Crippen LogP contribution is -2.30. The summed E-state index contributed by atoms with van der Waals surface area (Å²) in [6.07, 6.45) is 6.33. The van der Waals surface area contributed by atoms with E-state index in [0.717, 1.165) is 18.4 Å². The summed E-state index contributed by atoms with van der Waals surface area (Å²) in [6, 6.07) is 6.58. The minimum absolute atomic E-state index is 0.143. The van der Waals surface area contributed by atoms with Crippen LogP contribution in [0, 0.1) is 0 Å². The predicted octanol–water partition coefficient (Wildman–Crippen LogP) is 1.58. The summed E-state index contributed by atoms with van der Waals surface area (Å²) in [5.41, 5.74) is 6.48. The summed E-state index contributed by atoms with van der Waals surface area (Å²) in [5.74, 6) is 0.307. The lowest BCUT2D eigenvalue weighted by molar-refractivity contribution is 0.396. The fraction of sp³-hybridized carbons (Fsp3) is 0.286. The van der Waals surface area contributed by atoms with Crippen LogP contribution in [0.2, 0.25) is 0 Å². The summed E-state index contributed by atoms with van der Waals surface area (Å²) >= 11 is 0. The zero-order chi connectivity index (χ0) is 14.9. The topological polar surface area (TPSA) is 89.2 Å². The molecule has 1 aliphatic heterocycles. The third-order valence-electron chi connectivity index (χ3n) is 3.66. The SMILES string of the molecule is Nc1ccc(S(=O)(=O)N2CCCC2c2ccncc2)cn1. The van der Waals surface area contributed by atoms with Gasteiger partial charge in [-0.1, -0.05) is 0 Å². The molecule has 0 saturated carbocycles. The highest BCUT2D eigenvalue weighted by atomic mass is 32.2. The van der Waals surface area contributed by atoms with Crippen molar-refractivity contribution in [2.75, 3.05) is 12.3 Å². The molecule has 0 bridgehead atoms. The van der Waals surface area contributed by atoms with Crippen LogP contribution in [-0.4, -0.2) is 29.2 Å². The molecule has 1 unspecified atom stereocenters. The maximum absolute atomic E-state index is 12.8. The third-order valence-corrected chi connectivity index (χ3v) is 5.55. The van der Waals surface area contributed by atoms with Crippen molar-refractivity contribution < 1.29 is 8.42 Å². The van der Waals surface area contributed by atoms with Crippen LogP contribution in [-0.2, 0) is 10.0 Å². The molecular weight excluding hydrogens is 288 g/mol. The van der Waals surface area contributed by atoms with Crippen molar-refractivity contribution in [3.8, 4) is 0 Å². The first-order valence-electron chi connectivity index (χ1n) is 6.72. The maximum Gasteiger partial charge on any atom is 0.245 e. The van der Waals surface area contributed by atoms with E-state index in [1.165, 1.54) is 22.6 Å². The van der Waals surface area contributed by atoms with Gasteiger partial charge in [0.2, 0.25) is 10.0 Å². The molecule has 1 fully saturated rings. The van der Waals surface area contributed by atoms with Crippen LogP contribution in [0.1, 0.15) is 24.4 Å². The van der Waals surface area contributed by atoms with Gasteiger partial charge < -0.3 is 5.73 Å². The lowest BCUT2D eigenvalue weighted by Gasteiger charge is -2.24. The van der Waals surface area contributed by atoms with Crippen LogP contribution in [0.15, 0.2) is 47.8 Å². The normalized spacial score (nSPS) is 19.7. The van der Waals surface area contributed by atoms with E-state index >= 15 is 0 Å². The Morgan fingerprint density at radius 1 is 1.19 bits per heavy atom. The Balaban J connectivity index is 1.96. The van der Waals surface area contributed by atoms with Gasteiger partial charge >= 0.3 is 0 Å². The van der Waals surface area contributed by atoms with Crippen LogP contribution in [0.5, 0.6) is 0 Å². The van der Waals surface area contributed by atoms with Crippen LogP contribution in [0.4, 0.5) is 5.82 Å². The molecule has 110 valence electrons. The molecule has 6 nitrogen and oxygen atoms in total. The number of hydrogen-bond donors (Lipinski definition) is 1. The second kappa shape index (κ2) is 5.42. The van der Waals surface area contributed by atoms with Gasteiger partial charge in [0, 0.05) is 25.1 Å².